The summed E-state index contributed by atoms with van der Waals surface area (Å²) in [6, 6.07) is 5.04. The minimum absolute atomic E-state index is 0.162. The lowest BCUT2D eigenvalue weighted by molar-refractivity contribution is -0.0304. The molecule has 0 N–H and O–H groups in total. The van der Waals surface area contributed by atoms with Crippen LogP contribution in [0.15, 0.2) is 18.2 Å². The molecule has 2 aliphatic carbocycles. The second kappa shape index (κ2) is 4.52. The van der Waals surface area contributed by atoms with E-state index in [9.17, 15) is 4.39 Å². The predicted octanol–water partition coefficient (Wildman–Crippen LogP) is 4.61. The predicted molar refractivity (Wildman–Crippen MR) is 73.8 cm³/mol. The molecule has 18 heavy (non-hydrogen) atoms. The number of hydrogen-bond acceptors (Lipinski definition) is 1. The number of ether oxygens (including phenoxy) is 1. The third-order valence-corrected chi connectivity index (χ3v) is 5.91. The number of halogens is 2. The van der Waals surface area contributed by atoms with Crippen LogP contribution in [0.3, 0.4) is 0 Å². The maximum absolute atomic E-state index is 13.2. The molecule has 0 amide bonds. The van der Waals surface area contributed by atoms with E-state index in [2.05, 4.69) is 15.9 Å². The third kappa shape index (κ3) is 1.87. The van der Waals surface area contributed by atoms with E-state index in [1.807, 2.05) is 0 Å². The number of rotatable bonds is 2. The van der Waals surface area contributed by atoms with Crippen LogP contribution in [0.2, 0.25) is 0 Å². The van der Waals surface area contributed by atoms with Crippen molar-refractivity contribution in [3.8, 4) is 5.75 Å². The minimum Gasteiger partial charge on any atom is -0.490 e. The van der Waals surface area contributed by atoms with E-state index in [-0.39, 0.29) is 5.82 Å². The van der Waals surface area contributed by atoms with Gasteiger partial charge in [-0.15, -0.1) is 0 Å². The molecule has 2 fully saturated rings. The molecule has 0 radical (unpaired) electrons. The van der Waals surface area contributed by atoms with E-state index in [4.69, 9.17) is 4.74 Å². The first-order chi connectivity index (χ1) is 8.62. The van der Waals surface area contributed by atoms with E-state index in [0.717, 1.165) is 12.2 Å². The summed E-state index contributed by atoms with van der Waals surface area (Å²) in [6.07, 6.45) is 6.50. The fourth-order valence-corrected chi connectivity index (χ4v) is 4.48. The Morgan fingerprint density at radius 2 is 2.06 bits per heavy atom. The Balaban J connectivity index is 1.75. The van der Waals surface area contributed by atoms with Gasteiger partial charge in [0.25, 0.3) is 0 Å². The molecule has 0 heterocycles. The van der Waals surface area contributed by atoms with Crippen molar-refractivity contribution < 1.29 is 9.13 Å². The summed E-state index contributed by atoms with van der Waals surface area (Å²) in [5, 5.41) is 0. The van der Waals surface area contributed by atoms with Crippen LogP contribution in [0.25, 0.3) is 0 Å². The van der Waals surface area contributed by atoms with Crippen LogP contribution in [0, 0.1) is 18.2 Å². The summed E-state index contributed by atoms with van der Waals surface area (Å²) in [4.78, 5) is 0.596. The maximum atomic E-state index is 13.2. The SMILES string of the molecule is Cc1cc(OC2CC(Br)C23CCCC3)ccc1F. The van der Waals surface area contributed by atoms with Gasteiger partial charge < -0.3 is 4.74 Å². The Morgan fingerprint density at radius 1 is 1.33 bits per heavy atom. The fraction of sp³-hybridized carbons (Fsp3) is 0.600. The van der Waals surface area contributed by atoms with Gasteiger partial charge in [-0.2, -0.15) is 0 Å². The summed E-state index contributed by atoms with van der Waals surface area (Å²) < 4.78 is 19.3. The van der Waals surface area contributed by atoms with E-state index in [1.54, 1.807) is 19.1 Å². The van der Waals surface area contributed by atoms with Crippen LogP contribution in [0.4, 0.5) is 4.39 Å². The molecule has 1 aromatic carbocycles. The van der Waals surface area contributed by atoms with E-state index >= 15 is 0 Å². The average Bonchev–Trinajstić information content (AvgIpc) is 2.85. The Bertz CT molecular complexity index is 454. The molecule has 98 valence electrons. The van der Waals surface area contributed by atoms with Crippen molar-refractivity contribution in [1.29, 1.82) is 0 Å². The summed E-state index contributed by atoms with van der Waals surface area (Å²) in [5.41, 5.74) is 0.991. The van der Waals surface area contributed by atoms with Crippen molar-refractivity contribution in [3.05, 3.63) is 29.6 Å². The molecule has 1 spiro atoms. The lowest BCUT2D eigenvalue weighted by Gasteiger charge is -2.51. The molecule has 2 atom stereocenters. The summed E-state index contributed by atoms with van der Waals surface area (Å²) in [6.45, 7) is 1.78. The van der Waals surface area contributed by atoms with Crippen LogP contribution < -0.4 is 4.74 Å². The lowest BCUT2D eigenvalue weighted by atomic mass is 9.64. The zero-order valence-corrected chi connectivity index (χ0v) is 12.2. The minimum atomic E-state index is -0.162. The second-order valence-electron chi connectivity index (χ2n) is 5.66. The van der Waals surface area contributed by atoms with E-state index in [1.165, 1.54) is 31.7 Å². The molecular formula is C15H18BrFO. The molecule has 3 heteroatoms. The van der Waals surface area contributed by atoms with Gasteiger partial charge in [0.1, 0.15) is 17.7 Å². The van der Waals surface area contributed by atoms with Gasteiger partial charge in [-0.05, 0) is 49.9 Å². The van der Waals surface area contributed by atoms with Gasteiger partial charge in [0.15, 0.2) is 0 Å². The highest BCUT2D eigenvalue weighted by Gasteiger charge is 2.56. The zero-order valence-electron chi connectivity index (χ0n) is 10.6. The maximum Gasteiger partial charge on any atom is 0.126 e. The summed E-state index contributed by atoms with van der Waals surface area (Å²) in [7, 11) is 0. The van der Waals surface area contributed by atoms with Gasteiger partial charge in [-0.25, -0.2) is 4.39 Å². The second-order valence-corrected chi connectivity index (χ2v) is 6.77. The Morgan fingerprint density at radius 3 is 2.67 bits per heavy atom. The number of benzene rings is 1. The van der Waals surface area contributed by atoms with Gasteiger partial charge >= 0.3 is 0 Å². The standard InChI is InChI=1S/C15H18BrFO/c1-10-8-11(4-5-12(10)17)18-14-9-13(16)15(14)6-2-3-7-15/h4-5,8,13-14H,2-3,6-7,9H2,1H3. The number of alkyl halides is 1. The largest absolute Gasteiger partial charge is 0.490 e. The first kappa shape index (κ1) is 12.5. The fourth-order valence-electron chi connectivity index (χ4n) is 3.39. The zero-order chi connectivity index (χ0) is 12.8. The van der Waals surface area contributed by atoms with Crippen molar-refractivity contribution >= 4 is 15.9 Å². The average molecular weight is 313 g/mol. The summed E-state index contributed by atoms with van der Waals surface area (Å²) >= 11 is 3.78. The molecule has 2 unspecified atom stereocenters. The van der Waals surface area contributed by atoms with E-state index in [0.29, 0.717) is 21.9 Å². The van der Waals surface area contributed by atoms with Crippen LogP contribution in [0.1, 0.15) is 37.7 Å². The highest BCUT2D eigenvalue weighted by atomic mass is 79.9. The molecule has 2 aliphatic rings. The first-order valence-corrected chi connectivity index (χ1v) is 7.60. The van der Waals surface area contributed by atoms with Crippen LogP contribution >= 0.6 is 15.9 Å². The van der Waals surface area contributed by atoms with Gasteiger partial charge in [-0.3, -0.25) is 0 Å². The highest BCUT2D eigenvalue weighted by Crippen LogP contribution is 2.57. The van der Waals surface area contributed by atoms with Crippen LogP contribution in [0.5, 0.6) is 5.75 Å². The van der Waals surface area contributed by atoms with Gasteiger partial charge in [0, 0.05) is 10.2 Å². The van der Waals surface area contributed by atoms with Crippen LogP contribution in [-0.2, 0) is 0 Å². The van der Waals surface area contributed by atoms with Gasteiger partial charge in [-0.1, -0.05) is 28.8 Å². The van der Waals surface area contributed by atoms with E-state index < -0.39 is 0 Å². The molecular weight excluding hydrogens is 295 g/mol. The Labute approximate surface area is 116 Å². The lowest BCUT2D eigenvalue weighted by Crippen LogP contribution is -2.55. The highest BCUT2D eigenvalue weighted by molar-refractivity contribution is 9.09. The molecule has 0 saturated heterocycles. The van der Waals surface area contributed by atoms with Crippen molar-refractivity contribution in [2.24, 2.45) is 5.41 Å². The smallest absolute Gasteiger partial charge is 0.126 e. The van der Waals surface area contributed by atoms with Crippen molar-refractivity contribution in [2.75, 3.05) is 0 Å². The molecule has 1 aromatic rings. The number of hydrogen-bond donors (Lipinski definition) is 0. The Kier molecular flexibility index (Phi) is 3.13. The molecule has 1 nitrogen and oxygen atoms in total. The molecule has 0 aliphatic heterocycles. The van der Waals surface area contributed by atoms with Crippen molar-refractivity contribution in [3.63, 3.8) is 0 Å². The van der Waals surface area contributed by atoms with Gasteiger partial charge in [0.2, 0.25) is 0 Å². The monoisotopic (exact) mass is 312 g/mol. The number of aryl methyl sites for hydroxylation is 1. The summed E-state index contributed by atoms with van der Waals surface area (Å²) in [5.74, 6) is 0.648. The van der Waals surface area contributed by atoms with Crippen molar-refractivity contribution in [1.82, 2.24) is 0 Å². The van der Waals surface area contributed by atoms with Crippen LogP contribution in [-0.4, -0.2) is 10.9 Å². The Hall–Kier alpha value is -0.570. The molecule has 2 saturated carbocycles. The first-order valence-electron chi connectivity index (χ1n) is 6.69. The van der Waals surface area contributed by atoms with Gasteiger partial charge in [0.05, 0.1) is 0 Å². The van der Waals surface area contributed by atoms with Crippen molar-refractivity contribution in [2.45, 2.75) is 50.0 Å². The molecule has 0 bridgehead atoms. The normalized spacial score (nSPS) is 29.3. The quantitative estimate of drug-likeness (QED) is 0.725. The molecule has 0 aromatic heterocycles. The molecule has 3 rings (SSSR count). The topological polar surface area (TPSA) is 9.23 Å². The third-order valence-electron chi connectivity index (χ3n) is 4.63.